The van der Waals surface area contributed by atoms with E-state index in [4.69, 9.17) is 15.2 Å². The minimum absolute atomic E-state index is 0.107. The lowest BCUT2D eigenvalue weighted by molar-refractivity contribution is -0.131. The summed E-state index contributed by atoms with van der Waals surface area (Å²) >= 11 is 0. The molecule has 0 spiro atoms. The fourth-order valence-corrected chi connectivity index (χ4v) is 3.94. The molecule has 4 aromatic rings. The molecule has 0 saturated heterocycles. The number of primary amides is 1. The summed E-state index contributed by atoms with van der Waals surface area (Å²) in [6, 6.07) is 11.8. The number of hydrogen-bond acceptors (Lipinski definition) is 7. The van der Waals surface area contributed by atoms with Crippen LogP contribution in [0.4, 0.5) is 20.2 Å². The molecule has 198 valence electrons. The van der Waals surface area contributed by atoms with E-state index in [-0.39, 0.29) is 34.1 Å². The molecular formula is C27H21F2N5O5. The van der Waals surface area contributed by atoms with Gasteiger partial charge in [-0.1, -0.05) is 0 Å². The van der Waals surface area contributed by atoms with Crippen LogP contribution in [0.1, 0.15) is 23.3 Å². The number of hydrogen-bond donors (Lipinski definition) is 3. The van der Waals surface area contributed by atoms with Crippen LogP contribution in [0.25, 0.3) is 11.0 Å². The number of rotatable bonds is 8. The zero-order valence-electron chi connectivity index (χ0n) is 20.5. The van der Waals surface area contributed by atoms with Gasteiger partial charge in [0, 0.05) is 35.8 Å². The number of benzene rings is 2. The number of pyridine rings is 2. The predicted octanol–water partition coefficient (Wildman–Crippen LogP) is 4.17. The molecule has 1 aliphatic carbocycles. The average molecular weight is 533 g/mol. The van der Waals surface area contributed by atoms with Crippen molar-refractivity contribution in [3.8, 4) is 17.2 Å². The third kappa shape index (κ3) is 5.04. The third-order valence-corrected chi connectivity index (χ3v) is 6.22. The third-order valence-electron chi connectivity index (χ3n) is 6.22. The summed E-state index contributed by atoms with van der Waals surface area (Å²) < 4.78 is 39.0. The predicted molar refractivity (Wildman–Crippen MR) is 136 cm³/mol. The number of nitrogens with two attached hydrogens (primary N) is 1. The standard InChI is InChI=1S/C27H21F2N5O5/c1-38-21-13-18-22(34-23(21)24(30)35)20(8-11-31-18)39-19-7-6-16(12-17(19)29)33-26(37)27(9-10-27)25(36)32-15-4-2-14(28)3-5-15/h2-8,11-13H,9-10H2,1H3,(H2,30,35)(H,32,36)(H,33,37). The number of fused-ring (bicyclic) bond motifs is 1. The molecule has 3 amide bonds. The van der Waals surface area contributed by atoms with Gasteiger partial charge >= 0.3 is 0 Å². The summed E-state index contributed by atoms with van der Waals surface area (Å²) in [7, 11) is 1.36. The number of carbonyl (C=O) groups is 3. The average Bonchev–Trinajstić information content (AvgIpc) is 3.73. The zero-order valence-corrected chi connectivity index (χ0v) is 20.5. The molecule has 12 heteroatoms. The van der Waals surface area contributed by atoms with Gasteiger partial charge in [0.05, 0.1) is 12.6 Å². The number of amides is 3. The van der Waals surface area contributed by atoms with E-state index in [1.807, 2.05) is 0 Å². The summed E-state index contributed by atoms with van der Waals surface area (Å²) in [5.41, 5.74) is 4.90. The van der Waals surface area contributed by atoms with Crippen LogP contribution in [-0.2, 0) is 9.59 Å². The molecule has 0 aliphatic heterocycles. The summed E-state index contributed by atoms with van der Waals surface area (Å²) in [6.07, 6.45) is 2.05. The van der Waals surface area contributed by atoms with Crippen LogP contribution in [-0.4, -0.2) is 34.8 Å². The van der Waals surface area contributed by atoms with Crippen molar-refractivity contribution in [1.29, 1.82) is 0 Å². The maximum absolute atomic E-state index is 15.0. The minimum atomic E-state index is -1.30. The molecule has 0 bridgehead atoms. The molecule has 0 radical (unpaired) electrons. The maximum Gasteiger partial charge on any atom is 0.271 e. The van der Waals surface area contributed by atoms with E-state index in [0.717, 1.165) is 6.07 Å². The highest BCUT2D eigenvalue weighted by Gasteiger charge is 2.56. The molecule has 2 heterocycles. The van der Waals surface area contributed by atoms with Crippen LogP contribution >= 0.6 is 0 Å². The number of nitrogens with zero attached hydrogens (tertiary/aromatic N) is 2. The van der Waals surface area contributed by atoms with E-state index >= 15 is 0 Å². The summed E-state index contributed by atoms with van der Waals surface area (Å²) in [6.45, 7) is 0. The Balaban J connectivity index is 1.32. The first kappa shape index (κ1) is 25.5. The van der Waals surface area contributed by atoms with Crippen molar-refractivity contribution in [2.75, 3.05) is 17.7 Å². The lowest BCUT2D eigenvalue weighted by Crippen LogP contribution is -2.35. The van der Waals surface area contributed by atoms with Gasteiger partial charge in [-0.2, -0.15) is 0 Å². The molecule has 0 atom stereocenters. The van der Waals surface area contributed by atoms with Crippen molar-refractivity contribution in [2.45, 2.75) is 12.8 Å². The van der Waals surface area contributed by atoms with Gasteiger partial charge in [0.25, 0.3) is 5.91 Å². The molecule has 10 nitrogen and oxygen atoms in total. The second kappa shape index (κ2) is 9.97. The molecule has 2 aromatic heterocycles. The highest BCUT2D eigenvalue weighted by atomic mass is 19.1. The Bertz CT molecular complexity index is 1620. The number of methoxy groups -OCH3 is 1. The van der Waals surface area contributed by atoms with E-state index in [1.54, 1.807) is 0 Å². The Morgan fingerprint density at radius 3 is 2.18 bits per heavy atom. The van der Waals surface area contributed by atoms with Crippen molar-refractivity contribution in [3.63, 3.8) is 0 Å². The number of aromatic nitrogens is 2. The maximum atomic E-state index is 15.0. The largest absolute Gasteiger partial charge is 0.494 e. The summed E-state index contributed by atoms with van der Waals surface area (Å²) in [5, 5.41) is 5.18. The van der Waals surface area contributed by atoms with Gasteiger partial charge in [-0.25, -0.2) is 13.8 Å². The van der Waals surface area contributed by atoms with Crippen molar-refractivity contribution in [1.82, 2.24) is 9.97 Å². The van der Waals surface area contributed by atoms with Gasteiger partial charge in [0.1, 0.15) is 16.7 Å². The van der Waals surface area contributed by atoms with Gasteiger partial charge in [-0.15, -0.1) is 0 Å². The first-order valence-corrected chi connectivity index (χ1v) is 11.7. The van der Waals surface area contributed by atoms with Crippen LogP contribution in [0.15, 0.2) is 60.8 Å². The number of halogens is 2. The van der Waals surface area contributed by atoms with Gasteiger partial charge in [0.15, 0.2) is 28.8 Å². The zero-order chi connectivity index (χ0) is 27.7. The quantitative estimate of drug-likeness (QED) is 0.288. The SMILES string of the molecule is COc1cc2nccc(Oc3ccc(NC(=O)C4(C(=O)Nc5ccc(F)cc5)CC4)cc3F)c2nc1C(N)=O. The van der Waals surface area contributed by atoms with Crippen molar-refractivity contribution in [2.24, 2.45) is 11.1 Å². The van der Waals surface area contributed by atoms with Gasteiger partial charge in [0.2, 0.25) is 11.8 Å². The monoisotopic (exact) mass is 533 g/mol. The van der Waals surface area contributed by atoms with E-state index in [1.165, 1.54) is 61.8 Å². The Kier molecular flexibility index (Phi) is 6.52. The van der Waals surface area contributed by atoms with E-state index < -0.39 is 34.8 Å². The first-order chi connectivity index (χ1) is 18.7. The molecule has 0 unspecified atom stereocenters. The van der Waals surface area contributed by atoms with Crippen LogP contribution in [0, 0.1) is 17.0 Å². The summed E-state index contributed by atoms with van der Waals surface area (Å²) in [5.74, 6) is -3.15. The van der Waals surface area contributed by atoms with Crippen molar-refractivity contribution >= 4 is 40.1 Å². The smallest absolute Gasteiger partial charge is 0.271 e. The number of ether oxygens (including phenoxy) is 2. The first-order valence-electron chi connectivity index (χ1n) is 11.7. The molecular weight excluding hydrogens is 512 g/mol. The molecule has 1 fully saturated rings. The Morgan fingerprint density at radius 1 is 0.897 bits per heavy atom. The van der Waals surface area contributed by atoms with Crippen molar-refractivity contribution < 1.29 is 32.6 Å². The van der Waals surface area contributed by atoms with Gasteiger partial charge in [-0.05, 0) is 49.2 Å². The molecule has 5 rings (SSSR count). The number of anilines is 2. The fraction of sp³-hybridized carbons (Fsp3) is 0.148. The van der Waals surface area contributed by atoms with Crippen molar-refractivity contribution in [3.05, 3.63) is 78.1 Å². The normalized spacial score (nSPS) is 13.4. The van der Waals surface area contributed by atoms with E-state index in [9.17, 15) is 23.2 Å². The molecule has 2 aromatic carbocycles. The highest BCUT2D eigenvalue weighted by Crippen LogP contribution is 2.47. The fourth-order valence-electron chi connectivity index (χ4n) is 3.94. The Hall–Kier alpha value is -5.13. The van der Waals surface area contributed by atoms with Gasteiger partial charge < -0.3 is 25.8 Å². The second-order valence-electron chi connectivity index (χ2n) is 8.82. The van der Waals surface area contributed by atoms with Crippen LogP contribution in [0.5, 0.6) is 17.2 Å². The van der Waals surface area contributed by atoms with E-state index in [0.29, 0.717) is 24.0 Å². The van der Waals surface area contributed by atoms with E-state index in [2.05, 4.69) is 20.6 Å². The molecule has 4 N–H and O–H groups in total. The van der Waals surface area contributed by atoms with Crippen LogP contribution in [0.3, 0.4) is 0 Å². The molecule has 1 saturated carbocycles. The van der Waals surface area contributed by atoms with Gasteiger partial charge in [-0.3, -0.25) is 19.4 Å². The number of carbonyl (C=O) groups excluding carboxylic acids is 3. The molecule has 39 heavy (non-hydrogen) atoms. The topological polar surface area (TPSA) is 146 Å². The molecule has 1 aliphatic rings. The lowest BCUT2D eigenvalue weighted by atomic mass is 10.0. The second-order valence-corrected chi connectivity index (χ2v) is 8.82. The summed E-state index contributed by atoms with van der Waals surface area (Å²) in [4.78, 5) is 45.8. The minimum Gasteiger partial charge on any atom is -0.494 e. The Morgan fingerprint density at radius 2 is 1.56 bits per heavy atom. The Labute approximate surface area is 220 Å². The lowest BCUT2D eigenvalue weighted by Gasteiger charge is -2.16. The number of nitrogens with one attached hydrogen (secondary N) is 2. The van der Waals surface area contributed by atoms with Crippen LogP contribution < -0.4 is 25.8 Å². The highest BCUT2D eigenvalue weighted by molar-refractivity contribution is 6.16. The van der Waals surface area contributed by atoms with Crippen LogP contribution in [0.2, 0.25) is 0 Å².